The van der Waals surface area contributed by atoms with Crippen molar-refractivity contribution in [2.75, 3.05) is 0 Å². The van der Waals surface area contributed by atoms with Crippen LogP contribution in [0.1, 0.15) is 315 Å². The van der Waals surface area contributed by atoms with Gasteiger partial charge in [0, 0.05) is 0 Å². The summed E-state index contributed by atoms with van der Waals surface area (Å²) in [5.41, 5.74) is 5.29. The monoisotopic (exact) mass is 1020 g/mol. The van der Waals surface area contributed by atoms with Gasteiger partial charge >= 0.3 is 0 Å². The van der Waals surface area contributed by atoms with Crippen molar-refractivity contribution in [3.05, 3.63) is 48.4 Å². The summed E-state index contributed by atoms with van der Waals surface area (Å²) in [4.78, 5) is 0. The molecule has 69 heavy (non-hydrogen) atoms. The summed E-state index contributed by atoms with van der Waals surface area (Å²) < 4.78 is 0. The lowest BCUT2D eigenvalue weighted by Gasteiger charge is -2.26. The molecule has 0 atom stereocenters. The zero-order valence-electron chi connectivity index (χ0n) is 51.1. The number of unbranched alkanes of at least 4 members (excludes halogenated alkanes) is 31. The molecular formula is C66H138Si3. The van der Waals surface area contributed by atoms with Gasteiger partial charge in [-0.1, -0.05) is 360 Å². The maximum absolute atomic E-state index is 3.72. The van der Waals surface area contributed by atoms with Crippen molar-refractivity contribution >= 4 is 24.2 Å². The van der Waals surface area contributed by atoms with E-state index in [2.05, 4.69) is 132 Å². The number of allylic oxidation sites excluding steroid dienone is 5. The Bertz CT molecular complexity index is 942. The van der Waals surface area contributed by atoms with Crippen LogP contribution in [0, 0.1) is 0 Å². The standard InChI is InChI=1S/3C18H38Si.C12H24/c3*1-5-9-10-11-12-13-14-15-16-17-18-19(6-2,7-3)8-4;1-3-5-7-9-11-12-10-8-6-4-2/h2*17-18H,5-16H2,1-4H3;16-17H,5-15,18H2,1-4H3;3H,1,4-12H2,2H3/b18-17+;18-17-;17-16+;. The molecule has 0 unspecified atom stereocenters. The van der Waals surface area contributed by atoms with E-state index < -0.39 is 24.2 Å². The highest BCUT2D eigenvalue weighted by Gasteiger charge is 2.25. The molecule has 0 aromatic heterocycles. The first-order valence-electron chi connectivity index (χ1n) is 32.3. The predicted molar refractivity (Wildman–Crippen MR) is 338 cm³/mol. The molecule has 0 fully saturated rings. The van der Waals surface area contributed by atoms with E-state index in [-0.39, 0.29) is 0 Å². The van der Waals surface area contributed by atoms with E-state index in [0.717, 1.165) is 0 Å². The van der Waals surface area contributed by atoms with Gasteiger partial charge in [-0.15, -0.1) is 6.58 Å². The van der Waals surface area contributed by atoms with E-state index in [1.165, 1.54) is 285 Å². The highest BCUT2D eigenvalue weighted by Crippen LogP contribution is 2.26. The van der Waals surface area contributed by atoms with Crippen LogP contribution >= 0.6 is 0 Å². The minimum atomic E-state index is -0.988. The van der Waals surface area contributed by atoms with Gasteiger partial charge in [-0.2, -0.15) is 0 Å². The second kappa shape index (κ2) is 61.9. The van der Waals surface area contributed by atoms with Gasteiger partial charge in [-0.25, -0.2) is 0 Å². The van der Waals surface area contributed by atoms with Gasteiger partial charge < -0.3 is 0 Å². The first kappa shape index (κ1) is 75.1. The van der Waals surface area contributed by atoms with Crippen LogP contribution in [0.5, 0.6) is 0 Å². The van der Waals surface area contributed by atoms with Crippen LogP contribution in [0.4, 0.5) is 0 Å². The molecule has 0 nitrogen and oxygen atoms in total. The molecule has 0 spiro atoms. The Labute approximate surface area is 445 Å². The molecule has 0 radical (unpaired) electrons. The third-order valence-corrected chi connectivity index (χ3v) is 32.8. The van der Waals surface area contributed by atoms with Crippen LogP contribution in [0.25, 0.3) is 0 Å². The average molecular weight is 1020 g/mol. The van der Waals surface area contributed by atoms with E-state index in [4.69, 9.17) is 0 Å². The van der Waals surface area contributed by atoms with Gasteiger partial charge in [-0.3, -0.25) is 0 Å². The molecule has 0 bridgehead atoms. The SMILES string of the molecule is C=CCCCCCCCCCC.CCCCCCCCC/C=C/C[Si](CC)(CC)CC.CCCCCCCCCC/C=C/[Si](CC)(CC)CC.CCCCCCCCCC/C=C\[Si](CC)(CC)CC. The molecule has 414 valence electrons. The molecule has 0 saturated carbocycles. The van der Waals surface area contributed by atoms with Gasteiger partial charge in [-0.05, 0) is 57.4 Å². The number of rotatable bonds is 48. The van der Waals surface area contributed by atoms with Crippen LogP contribution in [0.2, 0.25) is 60.4 Å². The van der Waals surface area contributed by atoms with Crippen molar-refractivity contribution in [3.63, 3.8) is 0 Å². The molecule has 0 N–H and O–H groups in total. The highest BCUT2D eigenvalue weighted by atomic mass is 28.3. The Morgan fingerprint density at radius 3 is 0.710 bits per heavy atom. The van der Waals surface area contributed by atoms with Crippen LogP contribution in [0.15, 0.2) is 48.4 Å². The second-order valence-electron chi connectivity index (χ2n) is 21.9. The molecule has 0 rings (SSSR count). The third-order valence-electron chi connectivity index (χ3n) is 16.8. The van der Waals surface area contributed by atoms with Crippen LogP contribution in [-0.4, -0.2) is 24.2 Å². The lowest BCUT2D eigenvalue weighted by atomic mass is 10.1. The largest absolute Gasteiger partial charge is 0.103 e. The summed E-state index contributed by atoms with van der Waals surface area (Å²) in [6.45, 7) is 34.4. The summed E-state index contributed by atoms with van der Waals surface area (Å²) in [6, 6.07) is 14.4. The zero-order valence-corrected chi connectivity index (χ0v) is 54.1. The second-order valence-corrected chi connectivity index (χ2v) is 37.8. The molecule has 0 aliphatic rings. The van der Waals surface area contributed by atoms with Gasteiger partial charge in [0.25, 0.3) is 0 Å². The van der Waals surface area contributed by atoms with Crippen LogP contribution < -0.4 is 0 Å². The van der Waals surface area contributed by atoms with Crippen LogP contribution in [0.3, 0.4) is 0 Å². The van der Waals surface area contributed by atoms with Crippen molar-refractivity contribution < 1.29 is 0 Å². The van der Waals surface area contributed by atoms with Crippen molar-refractivity contribution in [3.8, 4) is 0 Å². The summed E-state index contributed by atoms with van der Waals surface area (Å²) in [5.74, 6) is 0. The minimum absolute atomic E-state index is 0.895. The molecule has 0 aliphatic heterocycles. The normalized spacial score (nSPS) is 12.0. The van der Waals surface area contributed by atoms with E-state index in [1.54, 1.807) is 0 Å². The Balaban J connectivity index is -0.000000414. The van der Waals surface area contributed by atoms with E-state index in [9.17, 15) is 0 Å². The molecule has 0 aromatic carbocycles. The van der Waals surface area contributed by atoms with Crippen molar-refractivity contribution in [2.45, 2.75) is 375 Å². The molecule has 0 amide bonds. The first-order chi connectivity index (χ1) is 33.6. The van der Waals surface area contributed by atoms with Crippen molar-refractivity contribution in [1.29, 1.82) is 0 Å². The Morgan fingerprint density at radius 1 is 0.246 bits per heavy atom. The molecule has 0 aromatic rings. The Kier molecular flexibility index (Phi) is 67.4. The quantitative estimate of drug-likeness (QED) is 0.0324. The Hall–Kier alpha value is -0.389. The fourth-order valence-electron chi connectivity index (χ4n) is 9.94. The fraction of sp³-hybridized carbons (Fsp3) is 0.879. The van der Waals surface area contributed by atoms with Crippen molar-refractivity contribution in [2.24, 2.45) is 0 Å². The smallest absolute Gasteiger partial charge is 0.0766 e. The summed E-state index contributed by atoms with van der Waals surface area (Å²) in [6.07, 6.45) is 61.4. The van der Waals surface area contributed by atoms with E-state index in [1.807, 2.05) is 6.08 Å². The topological polar surface area (TPSA) is 0 Å². The lowest BCUT2D eigenvalue weighted by molar-refractivity contribution is 0.577. The summed E-state index contributed by atoms with van der Waals surface area (Å²) >= 11 is 0. The number of hydrogen-bond donors (Lipinski definition) is 0. The van der Waals surface area contributed by atoms with Crippen molar-refractivity contribution in [1.82, 2.24) is 0 Å². The minimum Gasteiger partial charge on any atom is -0.103 e. The number of hydrogen-bond acceptors (Lipinski definition) is 0. The predicted octanol–water partition coefficient (Wildman–Crippen LogP) is 26.1. The maximum atomic E-state index is 3.72. The van der Waals surface area contributed by atoms with Gasteiger partial charge in [0.15, 0.2) is 0 Å². The van der Waals surface area contributed by atoms with Gasteiger partial charge in [0.05, 0.1) is 24.2 Å². The van der Waals surface area contributed by atoms with Gasteiger partial charge in [0.1, 0.15) is 0 Å². The molecule has 0 aliphatic carbocycles. The zero-order chi connectivity index (χ0) is 52.3. The first-order valence-corrected chi connectivity index (χ1v) is 40.5. The molecule has 0 heterocycles. The molecular weight excluding hydrogens is 877 g/mol. The average Bonchev–Trinajstić information content (AvgIpc) is 3.39. The molecule has 0 saturated heterocycles. The fourth-order valence-corrected chi connectivity index (χ4v) is 18.7. The van der Waals surface area contributed by atoms with E-state index in [0.29, 0.717) is 0 Å². The third kappa shape index (κ3) is 52.3. The van der Waals surface area contributed by atoms with Gasteiger partial charge in [0.2, 0.25) is 0 Å². The van der Waals surface area contributed by atoms with Crippen LogP contribution in [-0.2, 0) is 0 Å². The Morgan fingerprint density at radius 2 is 0.478 bits per heavy atom. The summed E-state index contributed by atoms with van der Waals surface area (Å²) in [7, 11) is -2.87. The van der Waals surface area contributed by atoms with E-state index >= 15 is 0 Å². The summed E-state index contributed by atoms with van der Waals surface area (Å²) in [5, 5.41) is 0. The lowest BCUT2D eigenvalue weighted by Crippen LogP contribution is -2.29. The maximum Gasteiger partial charge on any atom is 0.0766 e. The molecule has 3 heteroatoms. The highest BCUT2D eigenvalue weighted by molar-refractivity contribution is 6.84.